The van der Waals surface area contributed by atoms with Crippen molar-refractivity contribution in [1.29, 1.82) is 0 Å². The molecule has 17 nitrogen and oxygen atoms in total. The lowest BCUT2D eigenvalue weighted by Gasteiger charge is -2.21. The third kappa shape index (κ3) is 78.0. The average Bonchev–Trinajstić information content (AvgIpc) is 0.928. The maximum absolute atomic E-state index is 13.1. The molecule has 2 unspecified atom stereocenters. The van der Waals surface area contributed by atoms with Gasteiger partial charge in [0.1, 0.15) is 19.3 Å². The third-order valence-electron chi connectivity index (χ3n) is 19.8. The average molecular weight is 1510 g/mol. The van der Waals surface area contributed by atoms with E-state index in [0.717, 1.165) is 96.3 Å². The summed E-state index contributed by atoms with van der Waals surface area (Å²) in [6.07, 6.45) is 69.5. The van der Waals surface area contributed by atoms with Crippen LogP contribution < -0.4 is 0 Å². The number of unbranched alkanes of at least 4 members (excludes halogenated alkanes) is 56. The molecule has 0 radical (unpaired) electrons. The van der Waals surface area contributed by atoms with Gasteiger partial charge in [-0.15, -0.1) is 0 Å². The number of phosphoric acid groups is 2. The van der Waals surface area contributed by atoms with Crippen LogP contribution in [0.4, 0.5) is 0 Å². The summed E-state index contributed by atoms with van der Waals surface area (Å²) < 4.78 is 68.8. The SMILES string of the molecule is CCCCCCCCCCCCCCCCCCCCCCC(=O)O[C@H](COC(=O)CCCCCCCCCCCCCCCCCCCC)COP(=O)(O)OC[C@@H](O)COP(=O)(O)OC[C@@H](COC(=O)CCCCCCCCCC(C)C)OC(=O)CCCCCCCCCCCCCCCCC. The Morgan fingerprint density at radius 1 is 0.262 bits per heavy atom. The van der Waals surface area contributed by atoms with Crippen molar-refractivity contribution < 1.29 is 80.2 Å². The Hall–Kier alpha value is -1.94. The highest BCUT2D eigenvalue weighted by Gasteiger charge is 2.30. The van der Waals surface area contributed by atoms with Gasteiger partial charge in [0.2, 0.25) is 0 Å². The van der Waals surface area contributed by atoms with Gasteiger partial charge in [-0.2, -0.15) is 0 Å². The summed E-state index contributed by atoms with van der Waals surface area (Å²) in [6.45, 7) is 7.30. The highest BCUT2D eigenvalue weighted by atomic mass is 31.2. The molecule has 5 atom stereocenters. The Bertz CT molecular complexity index is 1960. The Morgan fingerprint density at radius 3 is 0.660 bits per heavy atom. The van der Waals surface area contributed by atoms with Crippen LogP contribution in [0.3, 0.4) is 0 Å². The van der Waals surface area contributed by atoms with Crippen LogP contribution >= 0.6 is 15.6 Å². The van der Waals surface area contributed by atoms with Gasteiger partial charge >= 0.3 is 39.5 Å². The monoisotopic (exact) mass is 1510 g/mol. The van der Waals surface area contributed by atoms with E-state index in [1.807, 2.05) is 0 Å². The molecule has 0 aromatic carbocycles. The molecule has 0 aliphatic carbocycles. The third-order valence-corrected chi connectivity index (χ3v) is 21.7. The van der Waals surface area contributed by atoms with Crippen LogP contribution in [0, 0.1) is 5.92 Å². The second kappa shape index (κ2) is 76.8. The molecule has 103 heavy (non-hydrogen) atoms. The molecule has 0 amide bonds. The van der Waals surface area contributed by atoms with E-state index in [0.29, 0.717) is 31.6 Å². The minimum Gasteiger partial charge on any atom is -0.462 e. The van der Waals surface area contributed by atoms with Crippen LogP contribution in [0.2, 0.25) is 0 Å². The predicted molar refractivity (Wildman–Crippen MR) is 423 cm³/mol. The van der Waals surface area contributed by atoms with Crippen LogP contribution in [0.15, 0.2) is 0 Å². The van der Waals surface area contributed by atoms with E-state index in [1.165, 1.54) is 270 Å². The Kier molecular flexibility index (Phi) is 75.4. The number of aliphatic hydroxyl groups is 1. The molecule has 0 aliphatic rings. The Balaban J connectivity index is 5.23. The zero-order chi connectivity index (χ0) is 75.5. The van der Waals surface area contributed by atoms with Crippen molar-refractivity contribution in [3.05, 3.63) is 0 Å². The van der Waals surface area contributed by atoms with Crippen LogP contribution in [-0.2, 0) is 65.4 Å². The van der Waals surface area contributed by atoms with E-state index in [1.54, 1.807) is 0 Å². The maximum atomic E-state index is 13.1. The molecule has 0 rings (SSSR count). The van der Waals surface area contributed by atoms with Crippen molar-refractivity contribution in [2.24, 2.45) is 5.92 Å². The summed E-state index contributed by atoms with van der Waals surface area (Å²) in [7, 11) is -9.92. The number of aliphatic hydroxyl groups excluding tert-OH is 1. The van der Waals surface area contributed by atoms with E-state index in [2.05, 4.69) is 34.6 Å². The minimum atomic E-state index is -4.96. The topological polar surface area (TPSA) is 237 Å². The number of rotatable bonds is 84. The summed E-state index contributed by atoms with van der Waals surface area (Å²) >= 11 is 0. The van der Waals surface area contributed by atoms with Crippen LogP contribution in [0.25, 0.3) is 0 Å². The second-order valence-corrected chi connectivity index (χ2v) is 33.6. The van der Waals surface area contributed by atoms with Gasteiger partial charge in [0, 0.05) is 25.7 Å². The van der Waals surface area contributed by atoms with Gasteiger partial charge in [-0.1, -0.05) is 401 Å². The van der Waals surface area contributed by atoms with Gasteiger partial charge in [0.15, 0.2) is 12.2 Å². The van der Waals surface area contributed by atoms with Crippen molar-refractivity contribution in [2.45, 2.75) is 470 Å². The fourth-order valence-electron chi connectivity index (χ4n) is 13.1. The summed E-state index contributed by atoms with van der Waals surface area (Å²) in [4.78, 5) is 73.1. The standard InChI is InChI=1S/C84H164O17P2/c1-6-9-12-15-18-21-24-27-30-32-34-35-37-40-43-46-49-54-60-65-70-83(88)100-79(73-94-81(86)67-62-57-52-47-44-41-39-36-33-31-28-25-22-19-16-13-10-7-2)75-98-102(90,91)96-71-78(85)72-97-103(92,93)99-76-80(74-95-82(87)68-63-58-55-50-51-56-61-66-77(4)5)101-84(89)69-64-59-53-48-45-42-38-29-26-23-20-17-14-11-8-3/h77-80,85H,6-76H2,1-5H3,(H,90,91)(H,92,93)/t78-,79-,80-/m1/s1. The largest absolute Gasteiger partial charge is 0.472 e. The number of esters is 4. The Morgan fingerprint density at radius 2 is 0.447 bits per heavy atom. The fourth-order valence-corrected chi connectivity index (χ4v) is 14.7. The van der Waals surface area contributed by atoms with Crippen molar-refractivity contribution in [2.75, 3.05) is 39.6 Å². The van der Waals surface area contributed by atoms with Crippen LogP contribution in [0.1, 0.15) is 452 Å². The van der Waals surface area contributed by atoms with Gasteiger partial charge in [-0.3, -0.25) is 37.3 Å². The zero-order valence-corrected chi connectivity index (χ0v) is 69.3. The first-order valence-corrected chi connectivity index (χ1v) is 46.6. The van der Waals surface area contributed by atoms with Gasteiger partial charge in [0.05, 0.1) is 26.4 Å². The number of phosphoric ester groups is 2. The second-order valence-electron chi connectivity index (χ2n) is 30.7. The quantitative estimate of drug-likeness (QED) is 0.0222. The van der Waals surface area contributed by atoms with E-state index >= 15 is 0 Å². The molecular formula is C84H164O17P2. The molecule has 0 aromatic rings. The van der Waals surface area contributed by atoms with E-state index in [4.69, 9.17) is 37.0 Å². The lowest BCUT2D eigenvalue weighted by atomic mass is 10.0. The predicted octanol–water partition coefficient (Wildman–Crippen LogP) is 25.6. The van der Waals surface area contributed by atoms with Crippen LogP contribution in [0.5, 0.6) is 0 Å². The number of ether oxygens (including phenoxy) is 4. The molecule has 3 N–H and O–H groups in total. The first-order valence-electron chi connectivity index (χ1n) is 43.6. The molecule has 0 aliphatic heterocycles. The molecule has 0 spiro atoms. The fraction of sp³-hybridized carbons (Fsp3) is 0.952. The molecule has 0 aromatic heterocycles. The molecule has 19 heteroatoms. The minimum absolute atomic E-state index is 0.108. The molecule has 0 saturated heterocycles. The van der Waals surface area contributed by atoms with E-state index in [9.17, 15) is 43.2 Å². The summed E-state index contributed by atoms with van der Waals surface area (Å²) in [5, 5.41) is 10.7. The molecule has 0 saturated carbocycles. The van der Waals surface area contributed by atoms with Crippen LogP contribution in [-0.4, -0.2) is 96.7 Å². The number of hydrogen-bond donors (Lipinski definition) is 3. The lowest BCUT2D eigenvalue weighted by Crippen LogP contribution is -2.30. The summed E-state index contributed by atoms with van der Waals surface area (Å²) in [5.41, 5.74) is 0. The molecular weight excluding hydrogens is 1340 g/mol. The zero-order valence-electron chi connectivity index (χ0n) is 67.5. The van der Waals surface area contributed by atoms with Gasteiger partial charge in [-0.25, -0.2) is 9.13 Å². The van der Waals surface area contributed by atoms with Crippen molar-refractivity contribution >= 4 is 39.5 Å². The summed E-state index contributed by atoms with van der Waals surface area (Å²) in [5.74, 6) is -1.40. The van der Waals surface area contributed by atoms with Crippen molar-refractivity contribution in [1.82, 2.24) is 0 Å². The van der Waals surface area contributed by atoms with Gasteiger partial charge in [0.25, 0.3) is 0 Å². The number of carbonyl (C=O) groups excluding carboxylic acids is 4. The molecule has 0 fully saturated rings. The van der Waals surface area contributed by atoms with E-state index < -0.39 is 97.5 Å². The Labute approximate surface area is 632 Å². The smallest absolute Gasteiger partial charge is 0.462 e. The number of hydrogen-bond acceptors (Lipinski definition) is 15. The molecule has 0 bridgehead atoms. The van der Waals surface area contributed by atoms with Crippen molar-refractivity contribution in [3.8, 4) is 0 Å². The first kappa shape index (κ1) is 101. The molecule has 0 heterocycles. The number of carbonyl (C=O) groups is 4. The van der Waals surface area contributed by atoms with Gasteiger partial charge in [-0.05, 0) is 31.6 Å². The molecule has 612 valence electrons. The van der Waals surface area contributed by atoms with Gasteiger partial charge < -0.3 is 33.8 Å². The highest BCUT2D eigenvalue weighted by Crippen LogP contribution is 2.45. The summed E-state index contributed by atoms with van der Waals surface area (Å²) in [6, 6.07) is 0. The van der Waals surface area contributed by atoms with E-state index in [-0.39, 0.29) is 25.7 Å². The normalized spacial score (nSPS) is 13.8. The van der Waals surface area contributed by atoms with Crippen molar-refractivity contribution in [3.63, 3.8) is 0 Å². The first-order chi connectivity index (χ1) is 50.0. The maximum Gasteiger partial charge on any atom is 0.472 e. The lowest BCUT2D eigenvalue weighted by molar-refractivity contribution is -0.161. The highest BCUT2D eigenvalue weighted by molar-refractivity contribution is 7.47.